The number of nitrogens with zero attached hydrogens (tertiary/aromatic N) is 1. The molecule has 0 saturated carbocycles. The molecule has 1 heterocycles. The average molecular weight is 239 g/mol. The number of aromatic nitrogens is 1. The second-order valence-electron chi connectivity index (χ2n) is 5.66. The summed E-state index contributed by atoms with van der Waals surface area (Å²) >= 11 is 0. The topological polar surface area (TPSA) is 12.9 Å². The van der Waals surface area contributed by atoms with Crippen LogP contribution >= 0.6 is 0 Å². The van der Waals surface area contributed by atoms with Gasteiger partial charge >= 0.3 is 0 Å². The fourth-order valence-electron chi connectivity index (χ4n) is 2.22. The van der Waals surface area contributed by atoms with E-state index in [1.54, 1.807) is 0 Å². The number of rotatable bonds is 2. The third kappa shape index (κ3) is 2.61. The van der Waals surface area contributed by atoms with Gasteiger partial charge in [0.05, 0.1) is 5.69 Å². The first-order chi connectivity index (χ1) is 8.52. The lowest BCUT2D eigenvalue weighted by Crippen LogP contribution is -2.15. The zero-order valence-corrected chi connectivity index (χ0v) is 11.7. The molecule has 94 valence electrons. The molecule has 0 radical (unpaired) electrons. The average Bonchev–Trinajstić information content (AvgIpc) is 2.38. The Hall–Kier alpha value is -1.63. The van der Waals surface area contributed by atoms with Gasteiger partial charge in [-0.3, -0.25) is 4.98 Å². The van der Waals surface area contributed by atoms with Crippen LogP contribution in [-0.4, -0.2) is 4.98 Å². The van der Waals surface area contributed by atoms with Crippen LogP contribution in [-0.2, 0) is 11.8 Å². The molecule has 18 heavy (non-hydrogen) atoms. The molecule has 0 spiro atoms. The van der Waals surface area contributed by atoms with Gasteiger partial charge in [-0.15, -0.1) is 0 Å². The second-order valence-corrected chi connectivity index (χ2v) is 5.66. The molecular formula is C17H21N. The van der Waals surface area contributed by atoms with E-state index in [9.17, 15) is 0 Å². The summed E-state index contributed by atoms with van der Waals surface area (Å²) in [7, 11) is 0. The molecule has 0 saturated heterocycles. The molecule has 0 bridgehead atoms. The molecular weight excluding hydrogens is 218 g/mol. The van der Waals surface area contributed by atoms with Gasteiger partial charge in [-0.1, -0.05) is 64.1 Å². The predicted octanol–water partition coefficient (Wildman–Crippen LogP) is 4.61. The summed E-state index contributed by atoms with van der Waals surface area (Å²) in [6.07, 6.45) is 0.979. The number of hydrogen-bond acceptors (Lipinski definition) is 1. The third-order valence-corrected chi connectivity index (χ3v) is 3.19. The summed E-state index contributed by atoms with van der Waals surface area (Å²) in [5, 5.41) is 0. The highest BCUT2D eigenvalue weighted by Gasteiger charge is 2.18. The van der Waals surface area contributed by atoms with Gasteiger partial charge in [-0.25, -0.2) is 0 Å². The fraction of sp³-hybridized carbons (Fsp3) is 0.353. The van der Waals surface area contributed by atoms with Gasteiger partial charge in [0, 0.05) is 11.3 Å². The molecule has 1 heteroatoms. The Morgan fingerprint density at radius 1 is 0.944 bits per heavy atom. The zero-order chi connectivity index (χ0) is 13.2. The van der Waals surface area contributed by atoms with Gasteiger partial charge in [0.25, 0.3) is 0 Å². The Morgan fingerprint density at radius 3 is 2.17 bits per heavy atom. The van der Waals surface area contributed by atoms with E-state index < -0.39 is 0 Å². The summed E-state index contributed by atoms with van der Waals surface area (Å²) in [5.74, 6) is 0. The number of aryl methyl sites for hydroxylation is 1. The van der Waals surface area contributed by atoms with Crippen LogP contribution in [0.1, 0.15) is 39.0 Å². The molecule has 2 aromatic rings. The van der Waals surface area contributed by atoms with E-state index in [-0.39, 0.29) is 5.41 Å². The van der Waals surface area contributed by atoms with Crippen molar-refractivity contribution < 1.29 is 0 Å². The SMILES string of the molecule is CCc1nc(-c2ccccc2)ccc1C(C)(C)C. The standard InChI is InChI=1S/C17H21N/c1-5-15-14(17(2,3)4)11-12-16(18-15)13-9-7-6-8-10-13/h6-12H,5H2,1-4H3. The number of hydrogen-bond donors (Lipinski definition) is 0. The minimum atomic E-state index is 0.160. The van der Waals surface area contributed by atoms with Crippen LogP contribution in [0.15, 0.2) is 42.5 Å². The normalized spacial score (nSPS) is 11.6. The van der Waals surface area contributed by atoms with Crippen molar-refractivity contribution >= 4 is 0 Å². The lowest BCUT2D eigenvalue weighted by molar-refractivity contribution is 0.579. The van der Waals surface area contributed by atoms with Crippen LogP contribution in [0.3, 0.4) is 0 Å². The Labute approximate surface area is 110 Å². The van der Waals surface area contributed by atoms with Crippen LogP contribution in [0.4, 0.5) is 0 Å². The lowest BCUT2D eigenvalue weighted by atomic mass is 9.85. The van der Waals surface area contributed by atoms with E-state index in [2.05, 4.69) is 64.1 Å². The first-order valence-corrected chi connectivity index (χ1v) is 6.58. The largest absolute Gasteiger partial charge is 0.253 e. The van der Waals surface area contributed by atoms with E-state index >= 15 is 0 Å². The molecule has 0 aliphatic heterocycles. The quantitative estimate of drug-likeness (QED) is 0.746. The maximum Gasteiger partial charge on any atom is 0.0705 e. The van der Waals surface area contributed by atoms with Crippen molar-refractivity contribution in [3.05, 3.63) is 53.7 Å². The van der Waals surface area contributed by atoms with E-state index in [0.717, 1.165) is 12.1 Å². The minimum absolute atomic E-state index is 0.160. The molecule has 2 rings (SSSR count). The Bertz CT molecular complexity index is 521. The maximum absolute atomic E-state index is 4.83. The molecule has 0 amide bonds. The summed E-state index contributed by atoms with van der Waals surface area (Å²) < 4.78 is 0. The first kappa shape index (κ1) is 12.8. The molecule has 0 unspecified atom stereocenters. The van der Waals surface area contributed by atoms with E-state index in [0.29, 0.717) is 0 Å². The van der Waals surface area contributed by atoms with Crippen molar-refractivity contribution in [3.63, 3.8) is 0 Å². The van der Waals surface area contributed by atoms with Crippen LogP contribution in [0.5, 0.6) is 0 Å². The summed E-state index contributed by atoms with van der Waals surface area (Å²) in [6, 6.07) is 14.7. The summed E-state index contributed by atoms with van der Waals surface area (Å²) in [4.78, 5) is 4.83. The van der Waals surface area contributed by atoms with E-state index in [1.807, 2.05) is 6.07 Å². The van der Waals surface area contributed by atoms with Gasteiger partial charge in [0.15, 0.2) is 0 Å². The van der Waals surface area contributed by atoms with Crippen molar-refractivity contribution in [2.24, 2.45) is 0 Å². The fourth-order valence-corrected chi connectivity index (χ4v) is 2.22. The highest BCUT2D eigenvalue weighted by molar-refractivity contribution is 5.59. The molecule has 0 aliphatic carbocycles. The minimum Gasteiger partial charge on any atom is -0.253 e. The molecule has 0 N–H and O–H groups in total. The molecule has 0 fully saturated rings. The van der Waals surface area contributed by atoms with Gasteiger partial charge < -0.3 is 0 Å². The lowest BCUT2D eigenvalue weighted by Gasteiger charge is -2.22. The second kappa shape index (κ2) is 4.93. The van der Waals surface area contributed by atoms with Crippen molar-refractivity contribution in [1.82, 2.24) is 4.98 Å². The molecule has 1 aromatic carbocycles. The highest BCUT2D eigenvalue weighted by atomic mass is 14.7. The molecule has 0 aliphatic rings. The Balaban J connectivity index is 2.49. The highest BCUT2D eigenvalue weighted by Crippen LogP contribution is 2.27. The zero-order valence-electron chi connectivity index (χ0n) is 11.7. The smallest absolute Gasteiger partial charge is 0.0705 e. The first-order valence-electron chi connectivity index (χ1n) is 6.58. The number of benzene rings is 1. The Kier molecular flexibility index (Phi) is 3.51. The molecule has 1 nitrogen and oxygen atoms in total. The van der Waals surface area contributed by atoms with Gasteiger partial charge in [0.2, 0.25) is 0 Å². The van der Waals surface area contributed by atoms with Crippen molar-refractivity contribution in [2.75, 3.05) is 0 Å². The molecule has 1 aromatic heterocycles. The summed E-state index contributed by atoms with van der Waals surface area (Å²) in [5.41, 5.74) is 4.98. The third-order valence-electron chi connectivity index (χ3n) is 3.19. The van der Waals surface area contributed by atoms with Crippen molar-refractivity contribution in [3.8, 4) is 11.3 Å². The molecule has 0 atom stereocenters. The van der Waals surface area contributed by atoms with Crippen LogP contribution in [0, 0.1) is 0 Å². The van der Waals surface area contributed by atoms with Gasteiger partial charge in [-0.05, 0) is 23.5 Å². The monoisotopic (exact) mass is 239 g/mol. The van der Waals surface area contributed by atoms with Gasteiger partial charge in [-0.2, -0.15) is 0 Å². The van der Waals surface area contributed by atoms with Crippen molar-refractivity contribution in [2.45, 2.75) is 39.5 Å². The number of pyridine rings is 1. The van der Waals surface area contributed by atoms with Crippen LogP contribution in [0.25, 0.3) is 11.3 Å². The summed E-state index contributed by atoms with van der Waals surface area (Å²) in [6.45, 7) is 8.90. The maximum atomic E-state index is 4.83. The van der Waals surface area contributed by atoms with Crippen LogP contribution in [0.2, 0.25) is 0 Å². The van der Waals surface area contributed by atoms with Gasteiger partial charge in [0.1, 0.15) is 0 Å². The van der Waals surface area contributed by atoms with Crippen LogP contribution < -0.4 is 0 Å². The van der Waals surface area contributed by atoms with Crippen molar-refractivity contribution in [1.29, 1.82) is 0 Å². The van der Waals surface area contributed by atoms with E-state index in [1.165, 1.54) is 16.8 Å². The predicted molar refractivity (Wildman–Crippen MR) is 77.8 cm³/mol. The van der Waals surface area contributed by atoms with E-state index in [4.69, 9.17) is 4.98 Å². The Morgan fingerprint density at radius 2 is 1.61 bits per heavy atom.